The Bertz CT molecular complexity index is 499. The van der Waals surface area contributed by atoms with Crippen LogP contribution in [0.2, 0.25) is 0 Å². The molecule has 0 spiro atoms. The van der Waals surface area contributed by atoms with Crippen molar-refractivity contribution < 1.29 is 0 Å². The number of hydrogen-bond acceptors (Lipinski definition) is 3. The Labute approximate surface area is 116 Å². The quantitative estimate of drug-likeness (QED) is 0.885. The molecule has 1 aromatic carbocycles. The first kappa shape index (κ1) is 13.9. The van der Waals surface area contributed by atoms with Crippen LogP contribution in [0.15, 0.2) is 18.2 Å². The standard InChI is InChI=1S/C16H23N3/c1-12-5-6-14(9-13(12)2)19-15(7-8-17)10-18-11-16(19,3)4/h5-6,9,15,18H,7,10-11H2,1-4H3. The minimum atomic E-state index is 0.0292. The van der Waals surface area contributed by atoms with E-state index in [1.807, 2.05) is 0 Å². The molecule has 1 fully saturated rings. The molecule has 1 aromatic rings. The van der Waals surface area contributed by atoms with Crippen molar-refractivity contribution in [3.8, 4) is 6.07 Å². The number of benzene rings is 1. The lowest BCUT2D eigenvalue weighted by atomic mass is 9.93. The number of aryl methyl sites for hydroxylation is 2. The minimum absolute atomic E-state index is 0.0292. The Balaban J connectivity index is 2.40. The number of nitriles is 1. The summed E-state index contributed by atoms with van der Waals surface area (Å²) in [7, 11) is 0. The van der Waals surface area contributed by atoms with Gasteiger partial charge < -0.3 is 10.2 Å². The monoisotopic (exact) mass is 257 g/mol. The molecule has 3 nitrogen and oxygen atoms in total. The van der Waals surface area contributed by atoms with Gasteiger partial charge in [0.25, 0.3) is 0 Å². The Morgan fingerprint density at radius 3 is 2.74 bits per heavy atom. The largest absolute Gasteiger partial charge is 0.360 e. The Morgan fingerprint density at radius 1 is 1.37 bits per heavy atom. The van der Waals surface area contributed by atoms with Crippen molar-refractivity contribution in [1.82, 2.24) is 5.32 Å². The van der Waals surface area contributed by atoms with E-state index in [1.54, 1.807) is 0 Å². The van der Waals surface area contributed by atoms with Gasteiger partial charge in [0.1, 0.15) is 0 Å². The molecule has 0 bridgehead atoms. The van der Waals surface area contributed by atoms with Crippen LogP contribution in [0.4, 0.5) is 5.69 Å². The van der Waals surface area contributed by atoms with Gasteiger partial charge in [0.15, 0.2) is 0 Å². The van der Waals surface area contributed by atoms with Crippen molar-refractivity contribution in [3.63, 3.8) is 0 Å². The zero-order chi connectivity index (χ0) is 14.0. The zero-order valence-corrected chi connectivity index (χ0v) is 12.3. The molecule has 3 heteroatoms. The van der Waals surface area contributed by atoms with Gasteiger partial charge in [-0.05, 0) is 51.0 Å². The van der Waals surface area contributed by atoms with Crippen LogP contribution >= 0.6 is 0 Å². The molecule has 102 valence electrons. The molecule has 1 N–H and O–H groups in total. The fraction of sp³-hybridized carbons (Fsp3) is 0.562. The molecular weight excluding hydrogens is 234 g/mol. The molecule has 0 radical (unpaired) electrons. The maximum Gasteiger partial charge on any atom is 0.0643 e. The number of nitrogens with one attached hydrogen (secondary N) is 1. The SMILES string of the molecule is Cc1ccc(N2C(CC#N)CNCC2(C)C)cc1C. The van der Waals surface area contributed by atoms with Crippen molar-refractivity contribution in [3.05, 3.63) is 29.3 Å². The fourth-order valence-electron chi connectivity index (χ4n) is 2.92. The normalized spacial score (nSPS) is 22.1. The van der Waals surface area contributed by atoms with E-state index in [9.17, 15) is 0 Å². The van der Waals surface area contributed by atoms with Gasteiger partial charge in [-0.1, -0.05) is 6.07 Å². The Morgan fingerprint density at radius 2 is 2.11 bits per heavy atom. The lowest BCUT2D eigenvalue weighted by Gasteiger charge is -2.49. The van der Waals surface area contributed by atoms with Crippen LogP contribution in [0.5, 0.6) is 0 Å². The molecular formula is C16H23N3. The fourth-order valence-corrected chi connectivity index (χ4v) is 2.92. The first-order valence-corrected chi connectivity index (χ1v) is 6.90. The predicted octanol–water partition coefficient (Wildman–Crippen LogP) is 2.77. The molecule has 1 saturated heterocycles. The van der Waals surface area contributed by atoms with Crippen LogP contribution in [0.1, 0.15) is 31.4 Å². The second-order valence-corrected chi connectivity index (χ2v) is 6.10. The van der Waals surface area contributed by atoms with E-state index in [4.69, 9.17) is 5.26 Å². The number of hydrogen-bond donors (Lipinski definition) is 1. The second-order valence-electron chi connectivity index (χ2n) is 6.10. The first-order valence-electron chi connectivity index (χ1n) is 6.90. The minimum Gasteiger partial charge on any atom is -0.360 e. The Kier molecular flexibility index (Phi) is 3.82. The summed E-state index contributed by atoms with van der Waals surface area (Å²) in [4.78, 5) is 2.42. The molecule has 1 heterocycles. The molecule has 1 aliphatic heterocycles. The van der Waals surface area contributed by atoms with E-state index >= 15 is 0 Å². The highest BCUT2D eigenvalue weighted by Gasteiger charge is 2.36. The smallest absolute Gasteiger partial charge is 0.0643 e. The first-order chi connectivity index (χ1) is 8.95. The summed E-state index contributed by atoms with van der Waals surface area (Å²) in [5.41, 5.74) is 3.88. The molecule has 0 aliphatic carbocycles. The molecule has 1 atom stereocenters. The number of rotatable bonds is 2. The van der Waals surface area contributed by atoms with Crippen LogP contribution in [0.3, 0.4) is 0 Å². The van der Waals surface area contributed by atoms with Crippen molar-refractivity contribution in [1.29, 1.82) is 5.26 Å². The summed E-state index contributed by atoms with van der Waals surface area (Å²) in [6.07, 6.45) is 0.559. The van der Waals surface area contributed by atoms with Crippen molar-refractivity contribution >= 4 is 5.69 Å². The van der Waals surface area contributed by atoms with Gasteiger partial charge in [-0.2, -0.15) is 5.26 Å². The highest BCUT2D eigenvalue weighted by atomic mass is 15.3. The summed E-state index contributed by atoms with van der Waals surface area (Å²) < 4.78 is 0. The van der Waals surface area contributed by atoms with Gasteiger partial charge in [0.2, 0.25) is 0 Å². The van der Waals surface area contributed by atoms with Crippen LogP contribution in [0.25, 0.3) is 0 Å². The third kappa shape index (κ3) is 2.74. The van der Waals surface area contributed by atoms with Crippen LogP contribution in [-0.4, -0.2) is 24.7 Å². The summed E-state index contributed by atoms with van der Waals surface area (Å²) >= 11 is 0. The van der Waals surface area contributed by atoms with Crippen molar-refractivity contribution in [2.45, 2.75) is 45.7 Å². The van der Waals surface area contributed by atoms with E-state index in [-0.39, 0.29) is 11.6 Å². The van der Waals surface area contributed by atoms with E-state index < -0.39 is 0 Å². The number of anilines is 1. The average Bonchev–Trinajstić information content (AvgIpc) is 2.33. The summed E-state index contributed by atoms with van der Waals surface area (Å²) in [5, 5.41) is 12.5. The van der Waals surface area contributed by atoms with E-state index in [1.165, 1.54) is 16.8 Å². The van der Waals surface area contributed by atoms with Crippen LogP contribution in [0, 0.1) is 25.2 Å². The molecule has 2 rings (SSSR count). The van der Waals surface area contributed by atoms with Gasteiger partial charge in [-0.3, -0.25) is 0 Å². The molecule has 19 heavy (non-hydrogen) atoms. The van der Waals surface area contributed by atoms with E-state index in [2.05, 4.69) is 62.2 Å². The van der Waals surface area contributed by atoms with Gasteiger partial charge in [0, 0.05) is 24.3 Å². The molecule has 0 aromatic heterocycles. The number of piperazine rings is 1. The summed E-state index contributed by atoms with van der Waals surface area (Å²) in [5.74, 6) is 0. The lowest BCUT2D eigenvalue weighted by Crippen LogP contribution is -2.63. The summed E-state index contributed by atoms with van der Waals surface area (Å²) in [6, 6.07) is 9.16. The highest BCUT2D eigenvalue weighted by Crippen LogP contribution is 2.31. The number of nitrogens with zero attached hydrogens (tertiary/aromatic N) is 2. The molecule has 0 amide bonds. The van der Waals surface area contributed by atoms with Gasteiger partial charge in [-0.15, -0.1) is 0 Å². The topological polar surface area (TPSA) is 39.1 Å². The predicted molar refractivity (Wildman–Crippen MR) is 79.4 cm³/mol. The third-order valence-electron chi connectivity index (χ3n) is 4.05. The lowest BCUT2D eigenvalue weighted by molar-refractivity contribution is 0.324. The highest BCUT2D eigenvalue weighted by molar-refractivity contribution is 5.54. The molecule has 1 unspecified atom stereocenters. The van der Waals surface area contributed by atoms with Crippen LogP contribution < -0.4 is 10.2 Å². The molecule has 0 saturated carbocycles. The van der Waals surface area contributed by atoms with Gasteiger partial charge in [0.05, 0.1) is 18.5 Å². The van der Waals surface area contributed by atoms with E-state index in [0.717, 1.165) is 13.1 Å². The maximum absolute atomic E-state index is 9.05. The van der Waals surface area contributed by atoms with Gasteiger partial charge in [-0.25, -0.2) is 0 Å². The van der Waals surface area contributed by atoms with Crippen molar-refractivity contribution in [2.75, 3.05) is 18.0 Å². The average molecular weight is 257 g/mol. The zero-order valence-electron chi connectivity index (χ0n) is 12.3. The maximum atomic E-state index is 9.05. The molecule has 1 aliphatic rings. The van der Waals surface area contributed by atoms with Crippen molar-refractivity contribution in [2.24, 2.45) is 0 Å². The Hall–Kier alpha value is -1.53. The van der Waals surface area contributed by atoms with Gasteiger partial charge >= 0.3 is 0 Å². The van der Waals surface area contributed by atoms with E-state index in [0.29, 0.717) is 6.42 Å². The second kappa shape index (κ2) is 5.22. The third-order valence-corrected chi connectivity index (χ3v) is 4.05. The summed E-state index contributed by atoms with van der Waals surface area (Å²) in [6.45, 7) is 10.6. The van der Waals surface area contributed by atoms with Crippen LogP contribution in [-0.2, 0) is 0 Å².